The number of benzene rings is 2. The molecule has 3 N–H and O–H groups in total. The summed E-state index contributed by atoms with van der Waals surface area (Å²) in [6.07, 6.45) is 0. The summed E-state index contributed by atoms with van der Waals surface area (Å²) in [5.74, 6) is 1.22. The molecule has 0 saturated heterocycles. The van der Waals surface area contributed by atoms with Crippen molar-refractivity contribution >= 4 is 11.7 Å². The number of ether oxygens (including phenoxy) is 1. The van der Waals surface area contributed by atoms with Crippen LogP contribution in [0.4, 0.5) is 5.82 Å². The van der Waals surface area contributed by atoms with Crippen LogP contribution in [-0.2, 0) is 0 Å². The molecule has 3 aromatic rings. The van der Waals surface area contributed by atoms with Gasteiger partial charge in [-0.2, -0.15) is 5.10 Å². The lowest BCUT2D eigenvalue weighted by Gasteiger charge is -2.28. The van der Waals surface area contributed by atoms with Gasteiger partial charge in [0, 0.05) is 23.2 Å². The summed E-state index contributed by atoms with van der Waals surface area (Å²) in [5, 5.41) is 7.66. The Labute approximate surface area is 171 Å². The lowest BCUT2D eigenvalue weighted by Crippen LogP contribution is -2.41. The first-order valence-electron chi connectivity index (χ1n) is 9.60. The molecule has 0 aliphatic carbocycles. The highest BCUT2D eigenvalue weighted by Crippen LogP contribution is 2.25. The number of carbonyl (C=O) groups excluding carboxylic acids is 1. The van der Waals surface area contributed by atoms with Crippen molar-refractivity contribution in [1.29, 1.82) is 0 Å². The third-order valence-electron chi connectivity index (χ3n) is 5.14. The minimum absolute atomic E-state index is 0.00301. The Morgan fingerprint density at radius 1 is 1.10 bits per heavy atom. The van der Waals surface area contributed by atoms with E-state index in [-0.39, 0.29) is 17.4 Å². The summed E-state index contributed by atoms with van der Waals surface area (Å²) in [6, 6.07) is 16.8. The molecule has 0 aliphatic heterocycles. The fraction of sp³-hybridized carbons (Fsp3) is 0.304. The van der Waals surface area contributed by atoms with E-state index < -0.39 is 0 Å². The molecule has 1 amide bonds. The molecule has 0 unspecified atom stereocenters. The SMILES string of the molecule is COc1ccc(-c2cc(N)n(-c3ccc(C(=O)N[C@H](C)C(C)(C)C)cc3)n2)cc1. The predicted octanol–water partition coefficient (Wildman–Crippen LogP) is 4.29. The molecular formula is C23H28N4O2. The van der Waals surface area contributed by atoms with Gasteiger partial charge >= 0.3 is 0 Å². The van der Waals surface area contributed by atoms with Gasteiger partial charge in [0.2, 0.25) is 0 Å². The quantitative estimate of drug-likeness (QED) is 0.678. The van der Waals surface area contributed by atoms with Crippen LogP contribution in [0.15, 0.2) is 54.6 Å². The predicted molar refractivity (Wildman–Crippen MR) is 116 cm³/mol. The number of hydrogen-bond acceptors (Lipinski definition) is 4. The number of hydrogen-bond donors (Lipinski definition) is 2. The highest BCUT2D eigenvalue weighted by Gasteiger charge is 2.22. The van der Waals surface area contributed by atoms with Crippen molar-refractivity contribution in [3.63, 3.8) is 0 Å². The van der Waals surface area contributed by atoms with Crippen LogP contribution in [0.3, 0.4) is 0 Å². The Balaban J connectivity index is 1.79. The van der Waals surface area contributed by atoms with Crippen LogP contribution in [0.1, 0.15) is 38.1 Å². The van der Waals surface area contributed by atoms with E-state index >= 15 is 0 Å². The minimum Gasteiger partial charge on any atom is -0.497 e. The number of amides is 1. The summed E-state index contributed by atoms with van der Waals surface area (Å²) < 4.78 is 6.86. The van der Waals surface area contributed by atoms with E-state index in [1.807, 2.05) is 49.4 Å². The third kappa shape index (κ3) is 4.59. The number of methoxy groups -OCH3 is 1. The largest absolute Gasteiger partial charge is 0.497 e. The fourth-order valence-corrected chi connectivity index (χ4v) is 2.76. The zero-order valence-electron chi connectivity index (χ0n) is 17.6. The maximum Gasteiger partial charge on any atom is 0.251 e. The Kier molecular flexibility index (Phi) is 5.64. The summed E-state index contributed by atoms with van der Waals surface area (Å²) >= 11 is 0. The molecule has 2 aromatic carbocycles. The van der Waals surface area contributed by atoms with Crippen molar-refractivity contribution in [1.82, 2.24) is 15.1 Å². The molecule has 1 atom stereocenters. The smallest absolute Gasteiger partial charge is 0.251 e. The van der Waals surface area contributed by atoms with Gasteiger partial charge in [-0.3, -0.25) is 4.79 Å². The molecule has 1 aromatic heterocycles. The van der Waals surface area contributed by atoms with Crippen molar-refractivity contribution in [2.75, 3.05) is 12.8 Å². The van der Waals surface area contributed by atoms with Gasteiger partial charge in [-0.05, 0) is 60.9 Å². The van der Waals surface area contributed by atoms with Gasteiger partial charge in [0.15, 0.2) is 0 Å². The van der Waals surface area contributed by atoms with E-state index in [9.17, 15) is 4.79 Å². The van der Waals surface area contributed by atoms with Crippen LogP contribution in [0, 0.1) is 5.41 Å². The Morgan fingerprint density at radius 2 is 1.72 bits per heavy atom. The fourth-order valence-electron chi connectivity index (χ4n) is 2.76. The van der Waals surface area contributed by atoms with Gasteiger partial charge < -0.3 is 15.8 Å². The van der Waals surface area contributed by atoms with Crippen LogP contribution in [0.5, 0.6) is 5.75 Å². The number of anilines is 1. The van der Waals surface area contributed by atoms with Gasteiger partial charge in [-0.1, -0.05) is 20.8 Å². The summed E-state index contributed by atoms with van der Waals surface area (Å²) in [4.78, 5) is 12.5. The van der Waals surface area contributed by atoms with Gasteiger partial charge in [0.25, 0.3) is 5.91 Å². The van der Waals surface area contributed by atoms with Crippen molar-refractivity contribution in [3.05, 3.63) is 60.2 Å². The number of nitrogen functional groups attached to an aromatic ring is 1. The molecule has 0 spiro atoms. The second kappa shape index (κ2) is 7.99. The molecule has 0 fully saturated rings. The minimum atomic E-state index is -0.0914. The standard InChI is InChI=1S/C23H28N4O2/c1-15(23(2,3)4)25-22(28)17-6-10-18(11-7-17)27-21(24)14-20(26-27)16-8-12-19(29-5)13-9-16/h6-15H,24H2,1-5H3,(H,25,28)/t15-/m1/s1. The van der Waals surface area contributed by atoms with Crippen molar-refractivity contribution in [2.45, 2.75) is 33.7 Å². The van der Waals surface area contributed by atoms with Crippen molar-refractivity contribution in [3.8, 4) is 22.7 Å². The molecule has 1 heterocycles. The second-order valence-corrected chi connectivity index (χ2v) is 8.20. The first-order chi connectivity index (χ1) is 13.7. The van der Waals surface area contributed by atoms with Crippen molar-refractivity contribution in [2.24, 2.45) is 5.41 Å². The van der Waals surface area contributed by atoms with Gasteiger partial charge in [0.1, 0.15) is 11.6 Å². The zero-order chi connectivity index (χ0) is 21.2. The van der Waals surface area contributed by atoms with E-state index in [0.29, 0.717) is 11.4 Å². The van der Waals surface area contributed by atoms with E-state index in [1.165, 1.54) is 0 Å². The van der Waals surface area contributed by atoms with E-state index in [1.54, 1.807) is 23.9 Å². The van der Waals surface area contributed by atoms with Crippen LogP contribution >= 0.6 is 0 Å². The number of carbonyl (C=O) groups is 1. The lowest BCUT2D eigenvalue weighted by atomic mass is 9.88. The van der Waals surface area contributed by atoms with E-state index in [2.05, 4.69) is 31.2 Å². The Bertz CT molecular complexity index is 983. The summed E-state index contributed by atoms with van der Waals surface area (Å²) in [5.41, 5.74) is 9.29. The topological polar surface area (TPSA) is 82.2 Å². The first-order valence-corrected chi connectivity index (χ1v) is 9.60. The molecule has 0 saturated carbocycles. The van der Waals surface area contributed by atoms with Crippen LogP contribution in [-0.4, -0.2) is 28.8 Å². The molecule has 6 heteroatoms. The molecule has 3 rings (SSSR count). The van der Waals surface area contributed by atoms with Gasteiger partial charge in [-0.15, -0.1) is 0 Å². The summed E-state index contributed by atoms with van der Waals surface area (Å²) in [6.45, 7) is 8.31. The number of nitrogens with one attached hydrogen (secondary N) is 1. The monoisotopic (exact) mass is 392 g/mol. The Morgan fingerprint density at radius 3 is 2.28 bits per heavy atom. The van der Waals surface area contributed by atoms with Crippen LogP contribution in [0.25, 0.3) is 16.9 Å². The second-order valence-electron chi connectivity index (χ2n) is 8.20. The molecule has 0 aliphatic rings. The normalized spacial score (nSPS) is 12.4. The number of nitrogens with zero attached hydrogens (tertiary/aromatic N) is 2. The molecule has 152 valence electrons. The molecule has 0 radical (unpaired) electrons. The summed E-state index contributed by atoms with van der Waals surface area (Å²) in [7, 11) is 1.63. The molecule has 29 heavy (non-hydrogen) atoms. The van der Waals surface area contributed by atoms with Gasteiger partial charge in [-0.25, -0.2) is 4.68 Å². The van der Waals surface area contributed by atoms with E-state index in [4.69, 9.17) is 10.5 Å². The highest BCUT2D eigenvalue weighted by atomic mass is 16.5. The zero-order valence-corrected chi connectivity index (χ0v) is 17.6. The first kappa shape index (κ1) is 20.5. The van der Waals surface area contributed by atoms with Crippen LogP contribution < -0.4 is 15.8 Å². The molecule has 0 bridgehead atoms. The van der Waals surface area contributed by atoms with Crippen molar-refractivity contribution < 1.29 is 9.53 Å². The number of rotatable bonds is 5. The molecular weight excluding hydrogens is 364 g/mol. The van der Waals surface area contributed by atoms with Gasteiger partial charge in [0.05, 0.1) is 18.5 Å². The number of aromatic nitrogens is 2. The third-order valence-corrected chi connectivity index (χ3v) is 5.14. The average molecular weight is 393 g/mol. The number of nitrogens with two attached hydrogens (primary N) is 1. The maximum absolute atomic E-state index is 12.5. The highest BCUT2D eigenvalue weighted by molar-refractivity contribution is 5.94. The maximum atomic E-state index is 12.5. The average Bonchev–Trinajstić information content (AvgIpc) is 3.09. The molecule has 6 nitrogen and oxygen atoms in total. The van der Waals surface area contributed by atoms with E-state index in [0.717, 1.165) is 22.7 Å². The van der Waals surface area contributed by atoms with Crippen LogP contribution in [0.2, 0.25) is 0 Å². The lowest BCUT2D eigenvalue weighted by molar-refractivity contribution is 0.0910. The Hall–Kier alpha value is -3.28.